The van der Waals surface area contributed by atoms with Gasteiger partial charge in [0.15, 0.2) is 0 Å². The monoisotopic (exact) mass is 466 g/mol. The van der Waals surface area contributed by atoms with Crippen LogP contribution in [-0.2, 0) is 14.8 Å². The molecule has 0 bridgehead atoms. The Labute approximate surface area is 174 Å². The van der Waals surface area contributed by atoms with E-state index in [0.29, 0.717) is 38.2 Å². The molecule has 1 saturated heterocycles. The predicted octanol–water partition coefficient (Wildman–Crippen LogP) is 3.89. The van der Waals surface area contributed by atoms with Gasteiger partial charge in [-0.3, -0.25) is 4.79 Å². The van der Waals surface area contributed by atoms with Crippen molar-refractivity contribution >= 4 is 37.5 Å². The van der Waals surface area contributed by atoms with Gasteiger partial charge in [-0.2, -0.15) is 4.31 Å². The molecule has 1 aliphatic heterocycles. The lowest BCUT2D eigenvalue weighted by Gasteiger charge is -2.30. The summed E-state index contributed by atoms with van der Waals surface area (Å²) < 4.78 is 33.2. The van der Waals surface area contributed by atoms with Crippen LogP contribution in [0.5, 0.6) is 5.75 Å². The summed E-state index contributed by atoms with van der Waals surface area (Å²) in [4.78, 5) is 12.8. The van der Waals surface area contributed by atoms with Gasteiger partial charge in [0.05, 0.1) is 11.5 Å². The lowest BCUT2D eigenvalue weighted by molar-refractivity contribution is -0.120. The van der Waals surface area contributed by atoms with Gasteiger partial charge in [-0.1, -0.05) is 15.9 Å². The van der Waals surface area contributed by atoms with Crippen LogP contribution in [-0.4, -0.2) is 38.3 Å². The molecule has 0 atom stereocenters. The molecule has 0 aromatic heterocycles. The fourth-order valence-electron chi connectivity index (χ4n) is 3.16. The molecule has 3 rings (SSSR count). The lowest BCUT2D eigenvalue weighted by atomic mass is 9.97. The summed E-state index contributed by atoms with van der Waals surface area (Å²) in [6, 6.07) is 13.8. The largest absolute Gasteiger partial charge is 0.494 e. The van der Waals surface area contributed by atoms with Crippen molar-refractivity contribution in [2.45, 2.75) is 24.7 Å². The number of halogens is 1. The highest BCUT2D eigenvalue weighted by Gasteiger charge is 2.32. The Morgan fingerprint density at radius 1 is 1.11 bits per heavy atom. The summed E-state index contributed by atoms with van der Waals surface area (Å²) in [5, 5.41) is 2.90. The maximum atomic E-state index is 12.7. The number of nitrogens with zero attached hydrogens (tertiary/aromatic N) is 1. The summed E-state index contributed by atoms with van der Waals surface area (Å²) in [6.07, 6.45) is 0.997. The quantitative estimate of drug-likeness (QED) is 0.700. The Morgan fingerprint density at radius 2 is 1.71 bits per heavy atom. The number of amides is 1. The van der Waals surface area contributed by atoms with Crippen LogP contribution in [0.15, 0.2) is 57.9 Å². The minimum Gasteiger partial charge on any atom is -0.494 e. The molecule has 0 unspecified atom stereocenters. The van der Waals surface area contributed by atoms with Crippen LogP contribution in [0.1, 0.15) is 19.8 Å². The van der Waals surface area contributed by atoms with Gasteiger partial charge in [0.25, 0.3) is 0 Å². The first-order valence-corrected chi connectivity index (χ1v) is 11.4. The molecule has 1 fully saturated rings. The molecule has 0 saturated carbocycles. The third-order valence-electron chi connectivity index (χ3n) is 4.71. The van der Waals surface area contributed by atoms with Crippen molar-refractivity contribution in [3.05, 3.63) is 53.0 Å². The molecule has 2 aromatic carbocycles. The Bertz CT molecular complexity index is 906. The zero-order valence-corrected chi connectivity index (χ0v) is 18.0. The molecule has 0 aliphatic carbocycles. The number of piperidine rings is 1. The molecule has 1 amide bonds. The zero-order chi connectivity index (χ0) is 20.1. The van der Waals surface area contributed by atoms with Crippen molar-refractivity contribution in [1.29, 1.82) is 0 Å². The number of carbonyl (C=O) groups is 1. The number of benzene rings is 2. The second-order valence-corrected chi connectivity index (χ2v) is 9.43. The minimum atomic E-state index is -3.53. The number of hydrogen-bond donors (Lipinski definition) is 1. The van der Waals surface area contributed by atoms with E-state index in [1.165, 1.54) is 4.31 Å². The number of rotatable bonds is 6. The summed E-state index contributed by atoms with van der Waals surface area (Å²) in [7, 11) is -3.53. The van der Waals surface area contributed by atoms with Gasteiger partial charge >= 0.3 is 0 Å². The van der Waals surface area contributed by atoms with Gasteiger partial charge in [-0.05, 0) is 68.3 Å². The van der Waals surface area contributed by atoms with Crippen LogP contribution in [0.25, 0.3) is 0 Å². The number of nitrogens with one attached hydrogen (secondary N) is 1. The van der Waals surface area contributed by atoms with Crippen molar-refractivity contribution < 1.29 is 17.9 Å². The van der Waals surface area contributed by atoms with E-state index in [9.17, 15) is 13.2 Å². The number of ether oxygens (including phenoxy) is 1. The fourth-order valence-corrected chi connectivity index (χ4v) is 4.89. The topological polar surface area (TPSA) is 75.7 Å². The summed E-state index contributed by atoms with van der Waals surface area (Å²) in [6.45, 7) is 3.17. The van der Waals surface area contributed by atoms with E-state index in [2.05, 4.69) is 21.2 Å². The summed E-state index contributed by atoms with van der Waals surface area (Å²) in [5.74, 6) is 0.472. The first-order chi connectivity index (χ1) is 13.4. The van der Waals surface area contributed by atoms with Crippen molar-refractivity contribution in [3.63, 3.8) is 0 Å². The average molecular weight is 467 g/mol. The van der Waals surface area contributed by atoms with E-state index in [4.69, 9.17) is 4.74 Å². The van der Waals surface area contributed by atoms with Crippen LogP contribution in [0.3, 0.4) is 0 Å². The third-order valence-corrected chi connectivity index (χ3v) is 7.15. The Hall–Kier alpha value is -1.90. The van der Waals surface area contributed by atoms with Crippen LogP contribution >= 0.6 is 15.9 Å². The van der Waals surface area contributed by atoms with Crippen molar-refractivity contribution in [2.24, 2.45) is 5.92 Å². The summed E-state index contributed by atoms with van der Waals surface area (Å²) in [5.41, 5.74) is 0.707. The van der Waals surface area contributed by atoms with Crippen LogP contribution < -0.4 is 10.1 Å². The molecule has 6 nitrogen and oxygen atoms in total. The SMILES string of the molecule is CCOc1ccc(NC(=O)C2CCN(S(=O)(=O)c3ccc(Br)cc3)CC2)cc1. The second-order valence-electron chi connectivity index (χ2n) is 6.58. The lowest BCUT2D eigenvalue weighted by Crippen LogP contribution is -2.41. The van der Waals surface area contributed by atoms with E-state index >= 15 is 0 Å². The molecular weight excluding hydrogens is 444 g/mol. The van der Waals surface area contributed by atoms with Crippen LogP contribution in [0.2, 0.25) is 0 Å². The number of sulfonamides is 1. The Kier molecular flexibility index (Phi) is 6.74. The van der Waals surface area contributed by atoms with Crippen molar-refractivity contribution in [1.82, 2.24) is 4.31 Å². The molecule has 1 heterocycles. The maximum absolute atomic E-state index is 12.7. The van der Waals surface area contributed by atoms with Gasteiger partial charge in [0, 0.05) is 29.2 Å². The molecule has 28 heavy (non-hydrogen) atoms. The third kappa shape index (κ3) is 4.92. The van der Waals surface area contributed by atoms with Crippen LogP contribution in [0, 0.1) is 5.92 Å². The first-order valence-electron chi connectivity index (χ1n) is 9.19. The van der Waals surface area contributed by atoms with Gasteiger partial charge in [-0.25, -0.2) is 8.42 Å². The smallest absolute Gasteiger partial charge is 0.243 e. The van der Waals surface area contributed by atoms with Gasteiger partial charge in [0.2, 0.25) is 15.9 Å². The van der Waals surface area contributed by atoms with Crippen LogP contribution in [0.4, 0.5) is 5.69 Å². The van der Waals surface area contributed by atoms with Crippen molar-refractivity contribution in [2.75, 3.05) is 25.0 Å². The van der Waals surface area contributed by atoms with E-state index in [1.54, 1.807) is 36.4 Å². The number of carbonyl (C=O) groups excluding carboxylic acids is 1. The molecule has 1 aliphatic rings. The fraction of sp³-hybridized carbons (Fsp3) is 0.350. The van der Waals surface area contributed by atoms with Gasteiger partial charge < -0.3 is 10.1 Å². The Balaban J connectivity index is 1.57. The molecular formula is C20H23BrN2O4S. The molecule has 0 radical (unpaired) electrons. The highest BCUT2D eigenvalue weighted by molar-refractivity contribution is 9.10. The molecule has 0 spiro atoms. The number of hydrogen-bond acceptors (Lipinski definition) is 4. The predicted molar refractivity (Wildman–Crippen MR) is 112 cm³/mol. The highest BCUT2D eigenvalue weighted by Crippen LogP contribution is 2.26. The first kappa shape index (κ1) is 20.8. The standard InChI is InChI=1S/C20H23BrN2O4S/c1-2-27-18-7-5-17(6-8-18)22-20(24)15-11-13-23(14-12-15)28(25,26)19-9-3-16(21)4-10-19/h3-10,15H,2,11-14H2,1H3,(H,22,24). The summed E-state index contributed by atoms with van der Waals surface area (Å²) >= 11 is 3.31. The Morgan fingerprint density at radius 3 is 2.29 bits per heavy atom. The normalized spacial score (nSPS) is 15.9. The molecule has 1 N–H and O–H groups in total. The van der Waals surface area contributed by atoms with Gasteiger partial charge in [-0.15, -0.1) is 0 Å². The van der Waals surface area contributed by atoms with Crippen molar-refractivity contribution in [3.8, 4) is 5.75 Å². The van der Waals surface area contributed by atoms with Gasteiger partial charge in [0.1, 0.15) is 5.75 Å². The van der Waals surface area contributed by atoms with E-state index < -0.39 is 10.0 Å². The molecule has 2 aromatic rings. The highest BCUT2D eigenvalue weighted by atomic mass is 79.9. The zero-order valence-electron chi connectivity index (χ0n) is 15.6. The average Bonchev–Trinajstić information content (AvgIpc) is 2.70. The molecule has 8 heteroatoms. The number of anilines is 1. The molecule has 150 valence electrons. The minimum absolute atomic E-state index is 0.0788. The van der Waals surface area contributed by atoms with E-state index in [1.807, 2.05) is 19.1 Å². The second kappa shape index (κ2) is 9.07. The maximum Gasteiger partial charge on any atom is 0.243 e. The van der Waals surface area contributed by atoms with E-state index in [0.717, 1.165) is 10.2 Å². The van der Waals surface area contributed by atoms with E-state index in [-0.39, 0.29) is 16.7 Å².